The fourth-order valence-corrected chi connectivity index (χ4v) is 3.29. The fraction of sp³-hybridized carbons (Fsp3) is 0.650. The van der Waals surface area contributed by atoms with E-state index in [1.165, 1.54) is 30.5 Å². The highest BCUT2D eigenvalue weighted by Crippen LogP contribution is 2.17. The Hall–Kier alpha value is -1.55. The second kappa shape index (κ2) is 9.67. The van der Waals surface area contributed by atoms with Gasteiger partial charge in [0.15, 0.2) is 0 Å². The van der Waals surface area contributed by atoms with Gasteiger partial charge >= 0.3 is 0 Å². The van der Waals surface area contributed by atoms with Crippen LogP contribution in [0.3, 0.4) is 0 Å². The first-order chi connectivity index (χ1) is 11.6. The summed E-state index contributed by atoms with van der Waals surface area (Å²) in [6, 6.07) is 8.95. The van der Waals surface area contributed by atoms with Crippen LogP contribution in [0.4, 0.5) is 5.69 Å². The van der Waals surface area contributed by atoms with Crippen molar-refractivity contribution in [2.24, 2.45) is 0 Å². The lowest BCUT2D eigenvalue weighted by Crippen LogP contribution is -2.50. The number of rotatable bonds is 8. The smallest absolute Gasteiger partial charge is 0.234 e. The van der Waals surface area contributed by atoms with E-state index in [-0.39, 0.29) is 11.9 Å². The Morgan fingerprint density at radius 2 is 1.96 bits per heavy atom. The molecule has 0 radical (unpaired) electrons. The molecular formula is C20H33N3O. The van der Waals surface area contributed by atoms with Gasteiger partial charge in [-0.05, 0) is 38.0 Å². The van der Waals surface area contributed by atoms with Gasteiger partial charge in [0.2, 0.25) is 5.91 Å². The number of benzene rings is 1. The summed E-state index contributed by atoms with van der Waals surface area (Å²) in [6.07, 6.45) is 4.76. The predicted molar refractivity (Wildman–Crippen MR) is 102 cm³/mol. The van der Waals surface area contributed by atoms with Crippen LogP contribution in [0, 0.1) is 6.92 Å². The Morgan fingerprint density at radius 3 is 2.62 bits per heavy atom. The summed E-state index contributed by atoms with van der Waals surface area (Å²) in [5.74, 6) is 0.169. The lowest BCUT2D eigenvalue weighted by atomic mass is 10.1. The molecule has 0 aliphatic carbocycles. The minimum Gasteiger partial charge on any atom is -0.369 e. The third-order valence-corrected chi connectivity index (χ3v) is 4.75. The van der Waals surface area contributed by atoms with E-state index in [0.29, 0.717) is 6.54 Å². The molecule has 134 valence electrons. The van der Waals surface area contributed by atoms with Crippen molar-refractivity contribution in [2.75, 3.05) is 37.6 Å². The van der Waals surface area contributed by atoms with Gasteiger partial charge in [0.1, 0.15) is 0 Å². The molecule has 1 aromatic carbocycles. The van der Waals surface area contributed by atoms with Crippen LogP contribution in [0.15, 0.2) is 24.3 Å². The summed E-state index contributed by atoms with van der Waals surface area (Å²) in [5, 5.41) is 3.14. The molecule has 0 spiro atoms. The molecular weight excluding hydrogens is 298 g/mol. The molecule has 24 heavy (non-hydrogen) atoms. The van der Waals surface area contributed by atoms with Gasteiger partial charge in [-0.1, -0.05) is 38.3 Å². The topological polar surface area (TPSA) is 35.6 Å². The van der Waals surface area contributed by atoms with Crippen molar-refractivity contribution in [3.8, 4) is 0 Å². The second-order valence-electron chi connectivity index (χ2n) is 7.07. The number of nitrogens with zero attached hydrogens (tertiary/aromatic N) is 2. The van der Waals surface area contributed by atoms with Crippen LogP contribution < -0.4 is 10.2 Å². The molecule has 1 aliphatic rings. The van der Waals surface area contributed by atoms with E-state index in [4.69, 9.17) is 0 Å². The van der Waals surface area contributed by atoms with Crippen LogP contribution in [0.5, 0.6) is 0 Å². The molecule has 1 atom stereocenters. The van der Waals surface area contributed by atoms with Crippen molar-refractivity contribution < 1.29 is 4.79 Å². The van der Waals surface area contributed by atoms with Crippen LogP contribution in [0.2, 0.25) is 0 Å². The van der Waals surface area contributed by atoms with Crippen LogP contribution in [-0.2, 0) is 4.79 Å². The minimum atomic E-state index is 0.169. The summed E-state index contributed by atoms with van der Waals surface area (Å²) in [6.45, 7) is 10.9. The van der Waals surface area contributed by atoms with Gasteiger partial charge in [-0.25, -0.2) is 0 Å². The highest BCUT2D eigenvalue weighted by atomic mass is 16.2. The molecule has 1 aromatic rings. The van der Waals surface area contributed by atoms with E-state index < -0.39 is 0 Å². The standard InChI is InChI=1S/C20H33N3O/c1-4-5-6-9-18(3)21-20(24)16-22-11-13-23(14-12-22)19-10-7-8-17(2)15-19/h7-8,10,15,18H,4-6,9,11-14,16H2,1-3H3,(H,21,24). The third-order valence-electron chi connectivity index (χ3n) is 4.75. The number of hydrogen-bond donors (Lipinski definition) is 1. The van der Waals surface area contributed by atoms with Crippen LogP contribution in [0.25, 0.3) is 0 Å². The Balaban J connectivity index is 1.69. The third kappa shape index (κ3) is 6.16. The van der Waals surface area contributed by atoms with Crippen LogP contribution in [-0.4, -0.2) is 49.6 Å². The number of amides is 1. The van der Waals surface area contributed by atoms with Crippen LogP contribution in [0.1, 0.15) is 45.1 Å². The number of unbranched alkanes of at least 4 members (excludes halogenated alkanes) is 2. The predicted octanol–water partition coefficient (Wildman–Crippen LogP) is 3.20. The van der Waals surface area contributed by atoms with E-state index >= 15 is 0 Å². The van der Waals surface area contributed by atoms with Crippen LogP contribution >= 0.6 is 0 Å². The van der Waals surface area contributed by atoms with E-state index in [1.807, 2.05) is 0 Å². The van der Waals surface area contributed by atoms with Gasteiger partial charge in [-0.3, -0.25) is 9.69 Å². The lowest BCUT2D eigenvalue weighted by Gasteiger charge is -2.36. The Morgan fingerprint density at radius 1 is 1.21 bits per heavy atom. The molecule has 1 N–H and O–H groups in total. The van der Waals surface area contributed by atoms with E-state index in [2.05, 4.69) is 60.2 Å². The van der Waals surface area contributed by atoms with Crippen molar-refractivity contribution in [2.45, 2.75) is 52.5 Å². The molecule has 1 heterocycles. The zero-order chi connectivity index (χ0) is 17.4. The first-order valence-corrected chi connectivity index (χ1v) is 9.42. The first kappa shape index (κ1) is 18.8. The summed E-state index contributed by atoms with van der Waals surface area (Å²) in [7, 11) is 0. The number of piperazine rings is 1. The Kier molecular flexibility index (Phi) is 7.57. The van der Waals surface area contributed by atoms with E-state index in [0.717, 1.165) is 32.6 Å². The van der Waals surface area contributed by atoms with Gasteiger partial charge in [0.05, 0.1) is 6.54 Å². The first-order valence-electron chi connectivity index (χ1n) is 9.42. The maximum absolute atomic E-state index is 12.2. The fourth-order valence-electron chi connectivity index (χ4n) is 3.29. The number of aryl methyl sites for hydroxylation is 1. The molecule has 1 fully saturated rings. The molecule has 1 saturated heterocycles. The van der Waals surface area contributed by atoms with Gasteiger partial charge in [0.25, 0.3) is 0 Å². The zero-order valence-corrected chi connectivity index (χ0v) is 15.6. The Bertz CT molecular complexity index is 509. The molecule has 1 aliphatic heterocycles. The molecule has 4 nitrogen and oxygen atoms in total. The molecule has 0 aromatic heterocycles. The number of carbonyl (C=O) groups is 1. The van der Waals surface area contributed by atoms with Gasteiger partial charge in [-0.2, -0.15) is 0 Å². The normalized spacial score (nSPS) is 16.9. The van der Waals surface area contributed by atoms with Gasteiger partial charge in [-0.15, -0.1) is 0 Å². The number of nitrogens with one attached hydrogen (secondary N) is 1. The van der Waals surface area contributed by atoms with E-state index in [9.17, 15) is 4.79 Å². The number of anilines is 1. The van der Waals surface area contributed by atoms with Crippen molar-refractivity contribution in [3.63, 3.8) is 0 Å². The number of hydrogen-bond acceptors (Lipinski definition) is 3. The van der Waals surface area contributed by atoms with Crippen molar-refractivity contribution in [1.82, 2.24) is 10.2 Å². The maximum atomic E-state index is 12.2. The lowest BCUT2D eigenvalue weighted by molar-refractivity contribution is -0.123. The summed E-state index contributed by atoms with van der Waals surface area (Å²) < 4.78 is 0. The van der Waals surface area contributed by atoms with E-state index in [1.54, 1.807) is 0 Å². The van der Waals surface area contributed by atoms with Crippen molar-refractivity contribution >= 4 is 11.6 Å². The second-order valence-corrected chi connectivity index (χ2v) is 7.07. The molecule has 1 amide bonds. The minimum absolute atomic E-state index is 0.169. The number of carbonyl (C=O) groups excluding carboxylic acids is 1. The van der Waals surface area contributed by atoms with Crippen molar-refractivity contribution in [3.05, 3.63) is 29.8 Å². The Labute approximate surface area is 147 Å². The maximum Gasteiger partial charge on any atom is 0.234 e. The monoisotopic (exact) mass is 331 g/mol. The quantitative estimate of drug-likeness (QED) is 0.743. The average Bonchev–Trinajstić information content (AvgIpc) is 2.55. The van der Waals surface area contributed by atoms with Gasteiger partial charge in [0, 0.05) is 37.9 Å². The average molecular weight is 332 g/mol. The summed E-state index contributed by atoms with van der Waals surface area (Å²) in [4.78, 5) is 16.9. The zero-order valence-electron chi connectivity index (χ0n) is 15.6. The summed E-state index contributed by atoms with van der Waals surface area (Å²) >= 11 is 0. The molecule has 0 bridgehead atoms. The molecule has 0 saturated carbocycles. The highest BCUT2D eigenvalue weighted by Gasteiger charge is 2.19. The summed E-state index contributed by atoms with van der Waals surface area (Å²) in [5.41, 5.74) is 2.59. The SMILES string of the molecule is CCCCCC(C)NC(=O)CN1CCN(c2cccc(C)c2)CC1. The molecule has 2 rings (SSSR count). The van der Waals surface area contributed by atoms with Gasteiger partial charge < -0.3 is 10.2 Å². The molecule has 4 heteroatoms. The highest BCUT2D eigenvalue weighted by molar-refractivity contribution is 5.78. The van der Waals surface area contributed by atoms with Crippen molar-refractivity contribution in [1.29, 1.82) is 0 Å². The largest absolute Gasteiger partial charge is 0.369 e. The molecule has 1 unspecified atom stereocenters.